The summed E-state index contributed by atoms with van der Waals surface area (Å²) in [7, 11) is 0. The number of anilines is 1. The minimum Gasteiger partial charge on any atom is -0.508 e. The smallest absolute Gasteiger partial charge is 0.254 e. The molecule has 6 heteroatoms. The number of aromatic hydroxyl groups is 1. The third-order valence-corrected chi connectivity index (χ3v) is 4.16. The monoisotopic (exact) mass is 326 g/mol. The summed E-state index contributed by atoms with van der Waals surface area (Å²) in [6.45, 7) is 6.89. The average molecular weight is 326 g/mol. The Bertz CT molecular complexity index is 724. The van der Waals surface area contributed by atoms with Crippen LogP contribution in [0.15, 0.2) is 36.5 Å². The maximum Gasteiger partial charge on any atom is 0.254 e. The van der Waals surface area contributed by atoms with Gasteiger partial charge in [0.1, 0.15) is 17.4 Å². The SMILES string of the molecule is CC(C)c1nccc(N2CCN(C(=O)c3cccc(O)c3)CC2)n1. The molecule has 1 saturated heterocycles. The molecule has 1 N–H and O–H groups in total. The van der Waals surface area contributed by atoms with Crippen molar-refractivity contribution in [3.63, 3.8) is 0 Å². The van der Waals surface area contributed by atoms with Crippen molar-refractivity contribution in [2.24, 2.45) is 0 Å². The first-order chi connectivity index (χ1) is 11.5. The van der Waals surface area contributed by atoms with Crippen molar-refractivity contribution in [3.05, 3.63) is 47.9 Å². The number of aromatic nitrogens is 2. The average Bonchev–Trinajstić information content (AvgIpc) is 2.61. The summed E-state index contributed by atoms with van der Waals surface area (Å²) in [5.41, 5.74) is 0.521. The van der Waals surface area contributed by atoms with Gasteiger partial charge in [-0.2, -0.15) is 0 Å². The normalized spacial score (nSPS) is 15.0. The number of phenols is 1. The molecule has 1 aliphatic rings. The lowest BCUT2D eigenvalue weighted by Crippen LogP contribution is -2.49. The Morgan fingerprint density at radius 1 is 1.17 bits per heavy atom. The van der Waals surface area contributed by atoms with Gasteiger partial charge in [-0.15, -0.1) is 0 Å². The van der Waals surface area contributed by atoms with E-state index in [9.17, 15) is 9.90 Å². The molecule has 0 bridgehead atoms. The number of benzene rings is 1. The molecular weight excluding hydrogens is 304 g/mol. The minimum absolute atomic E-state index is 0.0453. The zero-order valence-corrected chi connectivity index (χ0v) is 14.0. The van der Waals surface area contributed by atoms with Crippen molar-refractivity contribution >= 4 is 11.7 Å². The fourth-order valence-corrected chi connectivity index (χ4v) is 2.78. The number of rotatable bonds is 3. The lowest BCUT2D eigenvalue weighted by atomic mass is 10.1. The number of hydrogen-bond donors (Lipinski definition) is 1. The van der Waals surface area contributed by atoms with E-state index in [0.29, 0.717) is 24.6 Å². The standard InChI is InChI=1S/C18H22N4O2/c1-13(2)17-19-7-6-16(20-17)21-8-10-22(11-9-21)18(24)14-4-3-5-15(23)12-14/h3-7,12-13,23H,8-11H2,1-2H3. The summed E-state index contributed by atoms with van der Waals surface area (Å²) in [5.74, 6) is 2.11. The molecule has 1 amide bonds. The van der Waals surface area contributed by atoms with E-state index in [4.69, 9.17) is 0 Å². The summed E-state index contributed by atoms with van der Waals surface area (Å²) in [6, 6.07) is 8.41. The van der Waals surface area contributed by atoms with E-state index >= 15 is 0 Å². The molecule has 24 heavy (non-hydrogen) atoms. The van der Waals surface area contributed by atoms with Crippen LogP contribution < -0.4 is 4.90 Å². The number of phenolic OH excluding ortho intramolecular Hbond substituents is 1. The van der Waals surface area contributed by atoms with Crippen LogP contribution in [0.25, 0.3) is 0 Å². The van der Waals surface area contributed by atoms with Gasteiger partial charge in [-0.1, -0.05) is 19.9 Å². The molecule has 0 atom stereocenters. The molecule has 3 rings (SSSR count). The highest BCUT2D eigenvalue weighted by Gasteiger charge is 2.23. The summed E-state index contributed by atoms with van der Waals surface area (Å²) in [5, 5.41) is 9.53. The van der Waals surface area contributed by atoms with E-state index in [2.05, 4.69) is 28.7 Å². The van der Waals surface area contributed by atoms with Gasteiger partial charge in [-0.3, -0.25) is 4.79 Å². The first-order valence-corrected chi connectivity index (χ1v) is 8.21. The molecule has 0 unspecified atom stereocenters. The molecule has 1 fully saturated rings. The fraction of sp³-hybridized carbons (Fsp3) is 0.389. The van der Waals surface area contributed by atoms with Gasteiger partial charge in [0, 0.05) is 43.9 Å². The second-order valence-corrected chi connectivity index (χ2v) is 6.26. The zero-order valence-electron chi connectivity index (χ0n) is 14.0. The topological polar surface area (TPSA) is 69.6 Å². The second kappa shape index (κ2) is 6.86. The quantitative estimate of drug-likeness (QED) is 0.937. The van der Waals surface area contributed by atoms with Gasteiger partial charge in [0.25, 0.3) is 5.91 Å². The molecule has 0 radical (unpaired) electrons. The number of carbonyl (C=O) groups is 1. The summed E-state index contributed by atoms with van der Waals surface area (Å²) in [6.07, 6.45) is 1.79. The van der Waals surface area contributed by atoms with Crippen molar-refractivity contribution in [1.29, 1.82) is 0 Å². The van der Waals surface area contributed by atoms with E-state index in [1.807, 2.05) is 11.0 Å². The Balaban J connectivity index is 1.65. The van der Waals surface area contributed by atoms with Gasteiger partial charge in [0.05, 0.1) is 0 Å². The molecule has 2 heterocycles. The van der Waals surface area contributed by atoms with Crippen molar-refractivity contribution in [1.82, 2.24) is 14.9 Å². The Kier molecular flexibility index (Phi) is 4.64. The molecule has 0 aliphatic carbocycles. The van der Waals surface area contributed by atoms with E-state index in [1.54, 1.807) is 24.4 Å². The highest BCUT2D eigenvalue weighted by Crippen LogP contribution is 2.18. The molecule has 2 aromatic rings. The van der Waals surface area contributed by atoms with E-state index in [1.165, 1.54) is 6.07 Å². The van der Waals surface area contributed by atoms with Crippen molar-refractivity contribution in [3.8, 4) is 5.75 Å². The molecular formula is C18H22N4O2. The van der Waals surface area contributed by atoms with Crippen molar-refractivity contribution in [2.75, 3.05) is 31.1 Å². The van der Waals surface area contributed by atoms with Gasteiger partial charge < -0.3 is 14.9 Å². The van der Waals surface area contributed by atoms with Gasteiger partial charge >= 0.3 is 0 Å². The lowest BCUT2D eigenvalue weighted by Gasteiger charge is -2.35. The molecule has 126 valence electrons. The van der Waals surface area contributed by atoms with Crippen LogP contribution in [-0.4, -0.2) is 52.1 Å². The molecule has 1 aromatic heterocycles. The zero-order chi connectivity index (χ0) is 17.1. The van der Waals surface area contributed by atoms with Gasteiger partial charge in [-0.05, 0) is 24.3 Å². The Morgan fingerprint density at radius 3 is 2.58 bits per heavy atom. The first kappa shape index (κ1) is 16.2. The molecule has 0 saturated carbocycles. The molecule has 1 aliphatic heterocycles. The maximum absolute atomic E-state index is 12.5. The van der Waals surface area contributed by atoms with Crippen molar-refractivity contribution < 1.29 is 9.90 Å². The number of nitrogens with zero attached hydrogens (tertiary/aromatic N) is 4. The maximum atomic E-state index is 12.5. The Hall–Kier alpha value is -2.63. The highest BCUT2D eigenvalue weighted by atomic mass is 16.3. The van der Waals surface area contributed by atoms with E-state index in [-0.39, 0.29) is 11.7 Å². The van der Waals surface area contributed by atoms with Gasteiger partial charge in [0.15, 0.2) is 0 Å². The number of piperazine rings is 1. The van der Waals surface area contributed by atoms with Gasteiger partial charge in [0.2, 0.25) is 0 Å². The predicted octanol–water partition coefficient (Wildman–Crippen LogP) is 2.27. The van der Waals surface area contributed by atoms with Crippen LogP contribution in [0.2, 0.25) is 0 Å². The summed E-state index contributed by atoms with van der Waals surface area (Å²) in [4.78, 5) is 25.4. The van der Waals surface area contributed by atoms with Crippen molar-refractivity contribution in [2.45, 2.75) is 19.8 Å². The van der Waals surface area contributed by atoms with Crippen LogP contribution in [0.5, 0.6) is 5.75 Å². The van der Waals surface area contributed by atoms with Crippen LogP contribution in [0.4, 0.5) is 5.82 Å². The van der Waals surface area contributed by atoms with E-state index in [0.717, 1.165) is 24.7 Å². The van der Waals surface area contributed by atoms with Crippen LogP contribution in [0, 0.1) is 0 Å². The fourth-order valence-electron chi connectivity index (χ4n) is 2.78. The number of amides is 1. The van der Waals surface area contributed by atoms with Crippen LogP contribution in [0.3, 0.4) is 0 Å². The third kappa shape index (κ3) is 3.48. The lowest BCUT2D eigenvalue weighted by molar-refractivity contribution is 0.0746. The first-order valence-electron chi connectivity index (χ1n) is 8.21. The third-order valence-electron chi connectivity index (χ3n) is 4.16. The minimum atomic E-state index is -0.0453. The van der Waals surface area contributed by atoms with Crippen LogP contribution in [-0.2, 0) is 0 Å². The Morgan fingerprint density at radius 2 is 1.92 bits per heavy atom. The predicted molar refractivity (Wildman–Crippen MR) is 92.3 cm³/mol. The van der Waals surface area contributed by atoms with E-state index < -0.39 is 0 Å². The highest BCUT2D eigenvalue weighted by molar-refractivity contribution is 5.94. The second-order valence-electron chi connectivity index (χ2n) is 6.26. The summed E-state index contributed by atoms with van der Waals surface area (Å²) >= 11 is 0. The van der Waals surface area contributed by atoms with Gasteiger partial charge in [-0.25, -0.2) is 9.97 Å². The molecule has 6 nitrogen and oxygen atoms in total. The molecule has 0 spiro atoms. The molecule has 1 aromatic carbocycles. The van der Waals surface area contributed by atoms with Crippen LogP contribution in [0.1, 0.15) is 35.9 Å². The largest absolute Gasteiger partial charge is 0.508 e. The van der Waals surface area contributed by atoms with Crippen LogP contribution >= 0.6 is 0 Å². The summed E-state index contributed by atoms with van der Waals surface area (Å²) < 4.78 is 0. The number of carbonyl (C=O) groups excluding carboxylic acids is 1. The Labute approximate surface area is 141 Å². The number of hydrogen-bond acceptors (Lipinski definition) is 5.